The highest BCUT2D eigenvalue weighted by Gasteiger charge is 2.00. The van der Waals surface area contributed by atoms with E-state index in [0.717, 1.165) is 6.20 Å². The van der Waals surface area contributed by atoms with Gasteiger partial charge in [0.2, 0.25) is 10.6 Å². The molecule has 0 N–H and O–H groups in total. The van der Waals surface area contributed by atoms with Crippen LogP contribution in [0.15, 0.2) is 18.5 Å². The van der Waals surface area contributed by atoms with Gasteiger partial charge in [-0.25, -0.2) is 24.3 Å². The minimum Gasteiger partial charge on any atom is -0.226 e. The van der Waals surface area contributed by atoms with E-state index in [0.29, 0.717) is 5.15 Å². The van der Waals surface area contributed by atoms with Gasteiger partial charge in [-0.05, 0) is 29.3 Å². The molecule has 0 radical (unpaired) electrons. The predicted molar refractivity (Wildman–Crippen MR) is 64.1 cm³/mol. The maximum Gasteiger partial charge on any atom is 0.223 e. The van der Waals surface area contributed by atoms with Crippen LogP contribution in [0.3, 0.4) is 0 Å². The number of halogens is 5. The normalized spacial score (nSPS) is 9.47. The Morgan fingerprint density at radius 3 is 2.00 bits per heavy atom. The summed E-state index contributed by atoms with van der Waals surface area (Å²) < 4.78 is 12.2. The Morgan fingerprint density at radius 2 is 1.59 bits per heavy atom. The van der Waals surface area contributed by atoms with Gasteiger partial charge in [-0.2, -0.15) is 0 Å². The summed E-state index contributed by atoms with van der Waals surface area (Å²) in [5, 5.41) is 0.235. The first-order chi connectivity index (χ1) is 7.99. The number of rotatable bonds is 0. The monoisotopic (exact) mass is 314 g/mol. The Hall–Kier alpha value is -0.750. The van der Waals surface area contributed by atoms with Crippen LogP contribution in [0.25, 0.3) is 0 Å². The Morgan fingerprint density at radius 1 is 0.941 bits per heavy atom. The Balaban J connectivity index is 0.000000171. The molecule has 0 spiro atoms. The summed E-state index contributed by atoms with van der Waals surface area (Å²) in [7, 11) is 0. The van der Waals surface area contributed by atoms with E-state index in [1.54, 1.807) is 6.07 Å². The van der Waals surface area contributed by atoms with Crippen LogP contribution < -0.4 is 0 Å². The molecule has 0 amide bonds. The first-order valence-corrected chi connectivity index (χ1v) is 5.48. The predicted octanol–water partition coefficient (Wildman–Crippen LogP) is 3.71. The van der Waals surface area contributed by atoms with Crippen molar-refractivity contribution in [1.82, 2.24) is 19.9 Å². The Labute approximate surface area is 116 Å². The van der Waals surface area contributed by atoms with Crippen LogP contribution in [0.5, 0.6) is 0 Å². The van der Waals surface area contributed by atoms with E-state index in [9.17, 15) is 4.39 Å². The summed E-state index contributed by atoms with van der Waals surface area (Å²) in [5.74, 6) is -0.666. The van der Waals surface area contributed by atoms with Crippen LogP contribution in [-0.4, -0.2) is 19.9 Å². The van der Waals surface area contributed by atoms with Crippen molar-refractivity contribution < 1.29 is 4.39 Å². The lowest BCUT2D eigenvalue weighted by Crippen LogP contribution is -1.85. The van der Waals surface area contributed by atoms with Crippen LogP contribution in [0.4, 0.5) is 4.39 Å². The third-order valence-electron chi connectivity index (χ3n) is 1.26. The van der Waals surface area contributed by atoms with Crippen molar-refractivity contribution in [1.29, 1.82) is 0 Å². The van der Waals surface area contributed by atoms with Gasteiger partial charge in [-0.3, -0.25) is 0 Å². The third-order valence-corrected chi connectivity index (χ3v) is 2.10. The fraction of sp³-hybridized carbons (Fsp3) is 0. The van der Waals surface area contributed by atoms with Crippen LogP contribution in [0.2, 0.25) is 20.9 Å². The lowest BCUT2D eigenvalue weighted by Gasteiger charge is -1.89. The van der Waals surface area contributed by atoms with Crippen LogP contribution in [-0.2, 0) is 0 Å². The van der Waals surface area contributed by atoms with Crippen molar-refractivity contribution >= 4 is 46.4 Å². The molecule has 0 saturated carbocycles. The molecule has 2 aromatic heterocycles. The number of hydrogen-bond donors (Lipinski definition) is 0. The summed E-state index contributed by atoms with van der Waals surface area (Å²) in [4.78, 5) is 13.9. The first-order valence-electron chi connectivity index (χ1n) is 3.96. The number of nitrogens with zero attached hydrogens (tertiary/aromatic N) is 4. The largest absolute Gasteiger partial charge is 0.226 e. The molecule has 0 aliphatic rings. The minimum atomic E-state index is -0.666. The van der Waals surface area contributed by atoms with Gasteiger partial charge in [0, 0.05) is 6.20 Å². The van der Waals surface area contributed by atoms with Crippen molar-refractivity contribution in [2.75, 3.05) is 0 Å². The molecule has 4 nitrogen and oxygen atoms in total. The van der Waals surface area contributed by atoms with Gasteiger partial charge in [0.1, 0.15) is 5.15 Å². The fourth-order valence-electron chi connectivity index (χ4n) is 0.641. The summed E-state index contributed by atoms with van der Waals surface area (Å²) in [5.41, 5.74) is 0. The average molecular weight is 316 g/mol. The van der Waals surface area contributed by atoms with Gasteiger partial charge in [0.25, 0.3) is 0 Å². The topological polar surface area (TPSA) is 51.6 Å². The Bertz CT molecular complexity index is 493. The zero-order valence-electron chi connectivity index (χ0n) is 7.91. The van der Waals surface area contributed by atoms with Crippen molar-refractivity contribution in [3.05, 3.63) is 45.2 Å². The second kappa shape index (κ2) is 6.86. The van der Waals surface area contributed by atoms with Gasteiger partial charge >= 0.3 is 0 Å². The van der Waals surface area contributed by atoms with Crippen molar-refractivity contribution in [3.63, 3.8) is 0 Å². The standard InChI is InChI=1S/C4HCl2FN2.C4H2Cl2N2/c5-3-2(7)1-8-4(6)9-3;5-3-1-2-7-4(6)8-3/h1H;1-2H. The van der Waals surface area contributed by atoms with E-state index in [4.69, 9.17) is 46.4 Å². The van der Waals surface area contributed by atoms with E-state index < -0.39 is 5.82 Å². The lowest BCUT2D eigenvalue weighted by molar-refractivity contribution is 0.614. The highest BCUT2D eigenvalue weighted by molar-refractivity contribution is 6.32. The summed E-state index contributed by atoms with van der Waals surface area (Å²) >= 11 is 21.2. The molecule has 17 heavy (non-hydrogen) atoms. The molecule has 0 aliphatic heterocycles. The molecule has 9 heteroatoms. The molecule has 0 saturated heterocycles. The first kappa shape index (κ1) is 14.3. The van der Waals surface area contributed by atoms with E-state index in [1.807, 2.05) is 0 Å². The number of aromatic nitrogens is 4. The third kappa shape index (κ3) is 5.41. The zero-order chi connectivity index (χ0) is 12.8. The molecule has 0 aromatic carbocycles. The van der Waals surface area contributed by atoms with Gasteiger partial charge in [-0.1, -0.05) is 23.2 Å². The molecule has 0 fully saturated rings. The molecule has 0 bridgehead atoms. The minimum absolute atomic E-state index is 0.0543. The molecule has 90 valence electrons. The second-order valence-corrected chi connectivity index (χ2v) is 3.85. The second-order valence-electron chi connectivity index (χ2n) is 2.43. The van der Waals surface area contributed by atoms with Crippen LogP contribution in [0.1, 0.15) is 0 Å². The van der Waals surface area contributed by atoms with E-state index in [1.165, 1.54) is 6.20 Å². The maximum atomic E-state index is 12.2. The van der Waals surface area contributed by atoms with E-state index in [2.05, 4.69) is 19.9 Å². The molecule has 2 heterocycles. The smallest absolute Gasteiger partial charge is 0.223 e. The zero-order valence-corrected chi connectivity index (χ0v) is 10.9. The van der Waals surface area contributed by atoms with Gasteiger partial charge in [0.15, 0.2) is 11.0 Å². The molecule has 2 aromatic rings. The van der Waals surface area contributed by atoms with Gasteiger partial charge < -0.3 is 0 Å². The molecular weight excluding hydrogens is 313 g/mol. The lowest BCUT2D eigenvalue weighted by atomic mass is 10.6. The molecular formula is C8H3Cl4FN4. The Kier molecular flexibility index (Phi) is 5.77. The number of hydrogen-bond acceptors (Lipinski definition) is 4. The van der Waals surface area contributed by atoms with Crippen molar-refractivity contribution in [2.24, 2.45) is 0 Å². The van der Waals surface area contributed by atoms with E-state index >= 15 is 0 Å². The molecule has 0 unspecified atom stereocenters. The van der Waals surface area contributed by atoms with E-state index in [-0.39, 0.29) is 15.7 Å². The molecule has 0 atom stereocenters. The quantitative estimate of drug-likeness (QED) is 0.549. The SMILES string of the molecule is Clc1ccnc(Cl)n1.Fc1cnc(Cl)nc1Cl. The highest BCUT2D eigenvalue weighted by atomic mass is 35.5. The van der Waals surface area contributed by atoms with Gasteiger partial charge in [-0.15, -0.1) is 0 Å². The highest BCUT2D eigenvalue weighted by Crippen LogP contribution is 2.11. The molecule has 2 rings (SSSR count). The van der Waals surface area contributed by atoms with Crippen molar-refractivity contribution in [3.8, 4) is 0 Å². The maximum absolute atomic E-state index is 12.2. The van der Waals surface area contributed by atoms with Crippen molar-refractivity contribution in [2.45, 2.75) is 0 Å². The summed E-state index contributed by atoms with van der Waals surface area (Å²) in [6.45, 7) is 0. The fourth-order valence-corrected chi connectivity index (χ4v) is 1.27. The van der Waals surface area contributed by atoms with Gasteiger partial charge in [0.05, 0.1) is 6.20 Å². The van der Waals surface area contributed by atoms with Crippen LogP contribution >= 0.6 is 46.4 Å². The molecule has 0 aliphatic carbocycles. The summed E-state index contributed by atoms with van der Waals surface area (Å²) in [6.07, 6.45) is 2.41. The average Bonchev–Trinajstić information content (AvgIpc) is 2.24. The van der Waals surface area contributed by atoms with Crippen LogP contribution in [0, 0.1) is 5.82 Å². The summed E-state index contributed by atoms with van der Waals surface area (Å²) in [6, 6.07) is 1.56.